The molecule has 3 aliphatic rings. The standard InChI is InChI=1S/C27H35FN5O3PS/c1-17(2)36-27(34)31-19-6-4-18(5-7-19)26-29-16-24(38-26)22-9-8-20(14-23(22)37(35)12-3-13-37)30-25-15-21(10-11-28)32-33-25/h8-9,14-19,21,30H,3-7,10-13H2,1-2H3,(H,31,34). The number of anilines is 1. The van der Waals surface area contributed by atoms with Crippen molar-refractivity contribution in [3.8, 4) is 10.4 Å². The van der Waals surface area contributed by atoms with E-state index in [0.717, 1.165) is 70.9 Å². The van der Waals surface area contributed by atoms with Crippen molar-refractivity contribution in [3.63, 3.8) is 0 Å². The van der Waals surface area contributed by atoms with Crippen LogP contribution < -0.4 is 15.9 Å². The first kappa shape index (κ1) is 27.0. The molecule has 2 N–H and O–H groups in total. The fourth-order valence-electron chi connectivity index (χ4n) is 5.19. The second-order valence-corrected chi connectivity index (χ2v) is 14.8. The summed E-state index contributed by atoms with van der Waals surface area (Å²) in [5, 5.41) is 16.4. The van der Waals surface area contributed by atoms with Crippen molar-refractivity contribution in [2.45, 2.75) is 76.5 Å². The van der Waals surface area contributed by atoms with Crippen molar-refractivity contribution < 1.29 is 18.5 Å². The molecule has 2 aromatic rings. The zero-order valence-electron chi connectivity index (χ0n) is 21.9. The van der Waals surface area contributed by atoms with E-state index in [9.17, 15) is 13.8 Å². The monoisotopic (exact) mass is 559 g/mol. The van der Waals surface area contributed by atoms with Crippen molar-refractivity contribution in [1.29, 1.82) is 0 Å². The van der Waals surface area contributed by atoms with E-state index in [1.54, 1.807) is 11.3 Å². The number of alkyl halides is 1. The molecule has 2 fully saturated rings. The van der Waals surface area contributed by atoms with Crippen molar-refractivity contribution in [3.05, 3.63) is 41.3 Å². The molecule has 38 heavy (non-hydrogen) atoms. The van der Waals surface area contributed by atoms with Crippen LogP contribution in [0.3, 0.4) is 0 Å². The molecular formula is C27H35FN5O3PS. The van der Waals surface area contributed by atoms with Gasteiger partial charge in [0.05, 0.1) is 28.7 Å². The third-order valence-electron chi connectivity index (χ3n) is 7.35. The van der Waals surface area contributed by atoms with Crippen LogP contribution in [0.1, 0.15) is 63.3 Å². The SMILES string of the molecule is CC(C)OC(=O)NC1CCC(c2ncc(-c3ccc(NC4=CC(CCF)N=N4)cc3P3(=O)CCC3)s2)CC1. The number of nitrogens with zero attached hydrogens (tertiary/aromatic N) is 3. The molecule has 1 saturated carbocycles. The molecule has 3 heterocycles. The second-order valence-electron chi connectivity index (χ2n) is 10.6. The van der Waals surface area contributed by atoms with Crippen LogP contribution in [-0.4, -0.2) is 48.3 Å². The number of halogens is 1. The van der Waals surface area contributed by atoms with E-state index in [1.165, 1.54) is 0 Å². The van der Waals surface area contributed by atoms with Gasteiger partial charge in [-0.05, 0) is 64.2 Å². The van der Waals surface area contributed by atoms with Gasteiger partial charge < -0.3 is 19.9 Å². The third kappa shape index (κ3) is 6.18. The minimum Gasteiger partial charge on any atom is -0.447 e. The number of carbonyl (C=O) groups is 1. The molecular weight excluding hydrogens is 524 g/mol. The Hall–Kier alpha value is -2.58. The Balaban J connectivity index is 1.29. The van der Waals surface area contributed by atoms with Gasteiger partial charge in [-0.25, -0.2) is 9.78 Å². The average molecular weight is 560 g/mol. The van der Waals surface area contributed by atoms with Crippen LogP contribution in [0.25, 0.3) is 10.4 Å². The molecule has 2 aliphatic heterocycles. The van der Waals surface area contributed by atoms with Crippen molar-refractivity contribution in [2.24, 2.45) is 10.2 Å². The van der Waals surface area contributed by atoms with E-state index in [-0.39, 0.29) is 24.3 Å². The first-order valence-corrected chi connectivity index (χ1v) is 16.3. The molecule has 0 bridgehead atoms. The smallest absolute Gasteiger partial charge is 0.407 e. The lowest BCUT2D eigenvalue weighted by molar-refractivity contribution is 0.109. The van der Waals surface area contributed by atoms with Crippen molar-refractivity contribution >= 4 is 35.6 Å². The summed E-state index contributed by atoms with van der Waals surface area (Å²) in [6.07, 6.45) is 9.74. The molecule has 1 unspecified atom stereocenters. The summed E-state index contributed by atoms with van der Waals surface area (Å²) in [5.74, 6) is 0.950. The zero-order valence-corrected chi connectivity index (χ0v) is 23.6. The number of hydrogen-bond donors (Lipinski definition) is 2. The molecule has 1 aromatic carbocycles. The van der Waals surface area contributed by atoms with Gasteiger partial charge in [0.15, 0.2) is 5.82 Å². The second kappa shape index (κ2) is 11.7. The molecule has 204 valence electrons. The van der Waals surface area contributed by atoms with E-state index in [2.05, 4.69) is 20.9 Å². The predicted octanol–water partition coefficient (Wildman–Crippen LogP) is 6.81. The highest BCUT2D eigenvalue weighted by molar-refractivity contribution is 7.73. The largest absolute Gasteiger partial charge is 0.447 e. The number of nitrogens with one attached hydrogen (secondary N) is 2. The summed E-state index contributed by atoms with van der Waals surface area (Å²) >= 11 is 1.68. The number of aromatic nitrogens is 1. The summed E-state index contributed by atoms with van der Waals surface area (Å²) < 4.78 is 31.6. The van der Waals surface area contributed by atoms with Gasteiger partial charge in [0.25, 0.3) is 0 Å². The maximum absolute atomic E-state index is 13.7. The predicted molar refractivity (Wildman–Crippen MR) is 150 cm³/mol. The highest BCUT2D eigenvalue weighted by Crippen LogP contribution is 2.56. The van der Waals surface area contributed by atoms with E-state index >= 15 is 0 Å². The number of alkyl carbamates (subject to hydrolysis) is 1. The van der Waals surface area contributed by atoms with Gasteiger partial charge >= 0.3 is 6.09 Å². The van der Waals surface area contributed by atoms with E-state index in [1.807, 2.05) is 44.3 Å². The quantitative estimate of drug-likeness (QED) is 0.329. The Labute approximate surface area is 226 Å². The molecule has 0 radical (unpaired) electrons. The maximum Gasteiger partial charge on any atom is 0.407 e. The van der Waals surface area contributed by atoms with Gasteiger partial charge in [-0.1, -0.05) is 6.07 Å². The Bertz CT molecular complexity index is 1260. The highest BCUT2D eigenvalue weighted by Gasteiger charge is 2.35. The average Bonchev–Trinajstić information content (AvgIpc) is 3.53. The maximum atomic E-state index is 13.7. The Morgan fingerprint density at radius 1 is 1.24 bits per heavy atom. The lowest BCUT2D eigenvalue weighted by Gasteiger charge is -2.29. The molecule has 8 nitrogen and oxygen atoms in total. The number of benzene rings is 1. The lowest BCUT2D eigenvalue weighted by atomic mass is 9.86. The van der Waals surface area contributed by atoms with Crippen LogP contribution in [0, 0.1) is 0 Å². The fourth-order valence-corrected chi connectivity index (χ4v) is 8.78. The number of rotatable bonds is 9. The Kier molecular flexibility index (Phi) is 8.29. The normalized spacial score (nSPS) is 24.1. The van der Waals surface area contributed by atoms with Gasteiger partial charge in [0.2, 0.25) is 0 Å². The summed E-state index contributed by atoms with van der Waals surface area (Å²) in [7, 11) is -2.43. The van der Waals surface area contributed by atoms with Crippen LogP contribution >= 0.6 is 18.5 Å². The summed E-state index contributed by atoms with van der Waals surface area (Å²) in [4.78, 5) is 17.7. The van der Waals surface area contributed by atoms with Crippen LogP contribution in [0.4, 0.5) is 14.9 Å². The highest BCUT2D eigenvalue weighted by atomic mass is 32.1. The number of amides is 1. The van der Waals surface area contributed by atoms with Gasteiger partial charge in [-0.2, -0.15) is 5.11 Å². The van der Waals surface area contributed by atoms with Crippen LogP contribution in [0.15, 0.2) is 46.5 Å². The van der Waals surface area contributed by atoms with Crippen molar-refractivity contribution in [2.75, 3.05) is 24.3 Å². The summed E-state index contributed by atoms with van der Waals surface area (Å²) in [6, 6.07) is 5.88. The number of hydrogen-bond acceptors (Lipinski definition) is 8. The summed E-state index contributed by atoms with van der Waals surface area (Å²) in [5.41, 5.74) is 1.80. The Morgan fingerprint density at radius 2 is 2.03 bits per heavy atom. The van der Waals surface area contributed by atoms with Gasteiger partial charge in [-0.3, -0.25) is 4.39 Å². The van der Waals surface area contributed by atoms with Crippen molar-refractivity contribution in [1.82, 2.24) is 10.3 Å². The summed E-state index contributed by atoms with van der Waals surface area (Å²) in [6.45, 7) is 3.26. The van der Waals surface area contributed by atoms with E-state index in [4.69, 9.17) is 9.72 Å². The number of carbonyl (C=O) groups excluding carboxylic acids is 1. The number of azo groups is 1. The molecule has 0 spiro atoms. The third-order valence-corrected chi connectivity index (χ3v) is 11.9. The molecule has 1 saturated heterocycles. The topological polar surface area (TPSA) is 105 Å². The van der Waals surface area contributed by atoms with E-state index < -0.39 is 13.8 Å². The molecule has 1 aliphatic carbocycles. The molecule has 1 aromatic heterocycles. The van der Waals surface area contributed by atoms with Crippen LogP contribution in [0.5, 0.6) is 0 Å². The van der Waals surface area contributed by atoms with Gasteiger partial charge in [0, 0.05) is 53.5 Å². The minimum atomic E-state index is -2.43. The molecule has 1 amide bonds. The molecule has 11 heteroatoms. The van der Waals surface area contributed by atoms with Crippen LogP contribution in [0.2, 0.25) is 0 Å². The van der Waals surface area contributed by atoms with E-state index in [0.29, 0.717) is 18.2 Å². The van der Waals surface area contributed by atoms with Gasteiger partial charge in [0.1, 0.15) is 7.14 Å². The number of thiazole rings is 1. The minimum absolute atomic E-state index is 0.129. The lowest BCUT2D eigenvalue weighted by Crippen LogP contribution is -2.38. The Morgan fingerprint density at radius 3 is 2.71 bits per heavy atom. The number of ether oxygens (including phenoxy) is 1. The zero-order chi connectivity index (χ0) is 26.7. The van der Waals surface area contributed by atoms with Gasteiger partial charge in [-0.15, -0.1) is 16.5 Å². The molecule has 5 rings (SSSR count). The first-order valence-electron chi connectivity index (χ1n) is 13.4. The fraction of sp³-hybridized carbons (Fsp3) is 0.556. The molecule has 1 atom stereocenters. The van der Waals surface area contributed by atoms with Crippen LogP contribution in [-0.2, 0) is 9.30 Å². The first-order chi connectivity index (χ1) is 18.3.